The fourth-order valence-corrected chi connectivity index (χ4v) is 3.49. The number of carbonyl (C=O) groups excluding carboxylic acids is 1. The van der Waals surface area contributed by atoms with E-state index in [4.69, 9.17) is 0 Å². The molecule has 4 nitrogen and oxygen atoms in total. The number of amides is 1. The number of nitrogens with zero attached hydrogens (tertiary/aromatic N) is 1. The molecule has 0 bridgehead atoms. The Labute approximate surface area is 141 Å². The Morgan fingerprint density at radius 2 is 1.96 bits per heavy atom. The van der Waals surface area contributed by atoms with E-state index in [2.05, 4.69) is 45.5 Å². The maximum atomic E-state index is 11.3. The Balaban J connectivity index is 1.74. The minimum atomic E-state index is -0.0487. The number of benzene rings is 2. The molecule has 1 aliphatic rings. The maximum absolute atomic E-state index is 11.3. The zero-order valence-corrected chi connectivity index (χ0v) is 13.8. The number of carbonyl (C=O) groups is 1. The van der Waals surface area contributed by atoms with Crippen molar-refractivity contribution >= 4 is 22.5 Å². The Morgan fingerprint density at radius 1 is 1.08 bits per heavy atom. The van der Waals surface area contributed by atoms with Crippen LogP contribution in [0.4, 0.5) is 5.69 Å². The molecule has 2 aromatic carbocycles. The van der Waals surface area contributed by atoms with Gasteiger partial charge in [-0.05, 0) is 41.5 Å². The molecular weight excluding hydrogens is 298 g/mol. The van der Waals surface area contributed by atoms with E-state index in [0.717, 1.165) is 37.3 Å². The smallest absolute Gasteiger partial charge is 0.221 e. The van der Waals surface area contributed by atoms with Crippen molar-refractivity contribution in [2.75, 3.05) is 18.4 Å². The van der Waals surface area contributed by atoms with Crippen LogP contribution in [0.15, 0.2) is 48.5 Å². The molecule has 122 valence electrons. The first-order valence-corrected chi connectivity index (χ1v) is 8.41. The van der Waals surface area contributed by atoms with Crippen molar-refractivity contribution in [2.45, 2.75) is 19.9 Å². The number of hydrogen-bond donors (Lipinski definition) is 2. The SMILES string of the molecule is CC(=O)Nc1cccc(-c2ccc3c(c2)cc2n3CCNCC2)c1. The molecule has 2 heterocycles. The second-order valence-electron chi connectivity index (χ2n) is 6.32. The van der Waals surface area contributed by atoms with E-state index < -0.39 is 0 Å². The summed E-state index contributed by atoms with van der Waals surface area (Å²) in [5.41, 5.74) is 5.83. The monoisotopic (exact) mass is 319 g/mol. The molecule has 0 saturated carbocycles. The molecule has 4 rings (SSSR count). The third kappa shape index (κ3) is 2.81. The number of hydrogen-bond acceptors (Lipinski definition) is 2. The molecule has 0 saturated heterocycles. The lowest BCUT2D eigenvalue weighted by molar-refractivity contribution is -0.114. The zero-order chi connectivity index (χ0) is 16.5. The highest BCUT2D eigenvalue weighted by Gasteiger charge is 2.12. The van der Waals surface area contributed by atoms with Crippen LogP contribution >= 0.6 is 0 Å². The van der Waals surface area contributed by atoms with Gasteiger partial charge in [0.2, 0.25) is 5.91 Å². The van der Waals surface area contributed by atoms with Crippen LogP contribution in [0.2, 0.25) is 0 Å². The van der Waals surface area contributed by atoms with Crippen LogP contribution in [0.5, 0.6) is 0 Å². The van der Waals surface area contributed by atoms with Crippen LogP contribution < -0.4 is 10.6 Å². The Kier molecular flexibility index (Phi) is 3.82. The lowest BCUT2D eigenvalue weighted by atomic mass is 10.0. The molecule has 3 aromatic rings. The lowest BCUT2D eigenvalue weighted by Gasteiger charge is -2.08. The summed E-state index contributed by atoms with van der Waals surface area (Å²) in [4.78, 5) is 11.3. The molecule has 0 unspecified atom stereocenters. The van der Waals surface area contributed by atoms with Crippen molar-refractivity contribution in [3.8, 4) is 11.1 Å². The normalized spacial score (nSPS) is 14.2. The number of nitrogens with one attached hydrogen (secondary N) is 2. The molecule has 24 heavy (non-hydrogen) atoms. The number of anilines is 1. The minimum absolute atomic E-state index is 0.0487. The second kappa shape index (κ2) is 6.13. The quantitative estimate of drug-likeness (QED) is 0.760. The van der Waals surface area contributed by atoms with E-state index in [0.29, 0.717) is 0 Å². The molecule has 2 N–H and O–H groups in total. The van der Waals surface area contributed by atoms with Gasteiger partial charge in [0.15, 0.2) is 0 Å². The van der Waals surface area contributed by atoms with Gasteiger partial charge in [-0.15, -0.1) is 0 Å². The Hall–Kier alpha value is -2.59. The fourth-order valence-electron chi connectivity index (χ4n) is 3.49. The summed E-state index contributed by atoms with van der Waals surface area (Å²) >= 11 is 0. The zero-order valence-electron chi connectivity index (χ0n) is 13.8. The van der Waals surface area contributed by atoms with E-state index in [9.17, 15) is 4.79 Å². The van der Waals surface area contributed by atoms with Crippen molar-refractivity contribution in [3.63, 3.8) is 0 Å². The van der Waals surface area contributed by atoms with Crippen molar-refractivity contribution in [3.05, 3.63) is 54.2 Å². The summed E-state index contributed by atoms with van der Waals surface area (Å²) in [6.07, 6.45) is 1.07. The fraction of sp³-hybridized carbons (Fsp3) is 0.250. The highest BCUT2D eigenvalue weighted by molar-refractivity contribution is 5.91. The average molecular weight is 319 g/mol. The molecule has 0 radical (unpaired) electrons. The first-order chi connectivity index (χ1) is 11.7. The first-order valence-electron chi connectivity index (χ1n) is 8.41. The van der Waals surface area contributed by atoms with Gasteiger partial charge in [0.05, 0.1) is 0 Å². The Bertz CT molecular complexity index is 910. The van der Waals surface area contributed by atoms with Crippen molar-refractivity contribution in [1.82, 2.24) is 9.88 Å². The predicted molar refractivity (Wildman–Crippen MR) is 98.3 cm³/mol. The topological polar surface area (TPSA) is 46.1 Å². The van der Waals surface area contributed by atoms with Gasteiger partial charge in [-0.1, -0.05) is 18.2 Å². The van der Waals surface area contributed by atoms with Crippen LogP contribution in [0.1, 0.15) is 12.6 Å². The maximum Gasteiger partial charge on any atom is 0.221 e. The number of fused-ring (bicyclic) bond motifs is 3. The van der Waals surface area contributed by atoms with Gasteiger partial charge >= 0.3 is 0 Å². The van der Waals surface area contributed by atoms with Gasteiger partial charge < -0.3 is 15.2 Å². The minimum Gasteiger partial charge on any atom is -0.343 e. The largest absolute Gasteiger partial charge is 0.343 e. The summed E-state index contributed by atoms with van der Waals surface area (Å²) in [5, 5.41) is 7.58. The van der Waals surface area contributed by atoms with Gasteiger partial charge in [-0.2, -0.15) is 0 Å². The van der Waals surface area contributed by atoms with E-state index in [1.165, 1.54) is 29.1 Å². The van der Waals surface area contributed by atoms with Gasteiger partial charge in [0, 0.05) is 55.3 Å². The van der Waals surface area contributed by atoms with Crippen molar-refractivity contribution in [2.24, 2.45) is 0 Å². The number of rotatable bonds is 2. The van der Waals surface area contributed by atoms with Crippen LogP contribution in [0, 0.1) is 0 Å². The molecule has 0 atom stereocenters. The molecule has 0 spiro atoms. The van der Waals surface area contributed by atoms with E-state index in [1.54, 1.807) is 0 Å². The average Bonchev–Trinajstić information content (AvgIpc) is 2.74. The molecule has 1 amide bonds. The third-order valence-corrected chi connectivity index (χ3v) is 4.57. The van der Waals surface area contributed by atoms with E-state index >= 15 is 0 Å². The van der Waals surface area contributed by atoms with Gasteiger partial charge in [0.1, 0.15) is 0 Å². The summed E-state index contributed by atoms with van der Waals surface area (Å²) < 4.78 is 2.42. The molecule has 1 aliphatic heterocycles. The lowest BCUT2D eigenvalue weighted by Crippen LogP contribution is -2.17. The van der Waals surface area contributed by atoms with Crippen LogP contribution in [-0.2, 0) is 17.8 Å². The van der Waals surface area contributed by atoms with E-state index in [1.807, 2.05) is 18.2 Å². The number of aromatic nitrogens is 1. The summed E-state index contributed by atoms with van der Waals surface area (Å²) in [6.45, 7) is 4.62. The summed E-state index contributed by atoms with van der Waals surface area (Å²) in [6, 6.07) is 16.9. The van der Waals surface area contributed by atoms with E-state index in [-0.39, 0.29) is 5.91 Å². The summed E-state index contributed by atoms with van der Waals surface area (Å²) in [5.74, 6) is -0.0487. The van der Waals surface area contributed by atoms with Crippen molar-refractivity contribution in [1.29, 1.82) is 0 Å². The predicted octanol–water partition coefficient (Wildman–Crippen LogP) is 3.41. The van der Waals surface area contributed by atoms with Gasteiger partial charge in [0.25, 0.3) is 0 Å². The van der Waals surface area contributed by atoms with Gasteiger partial charge in [-0.3, -0.25) is 4.79 Å². The summed E-state index contributed by atoms with van der Waals surface area (Å²) in [7, 11) is 0. The third-order valence-electron chi connectivity index (χ3n) is 4.57. The molecule has 0 aliphatic carbocycles. The Morgan fingerprint density at radius 3 is 2.83 bits per heavy atom. The molecule has 4 heteroatoms. The first kappa shape index (κ1) is 15.0. The van der Waals surface area contributed by atoms with Crippen molar-refractivity contribution < 1.29 is 4.79 Å². The standard InChI is InChI=1S/C20H21N3O/c1-14(24)22-18-4-2-3-15(12-18)16-5-6-20-17(11-16)13-19-7-8-21-9-10-23(19)20/h2-6,11-13,21H,7-10H2,1H3,(H,22,24). The van der Waals surface area contributed by atoms with Gasteiger partial charge in [-0.25, -0.2) is 0 Å². The van der Waals surface area contributed by atoms with Crippen LogP contribution in [0.25, 0.3) is 22.0 Å². The highest BCUT2D eigenvalue weighted by Crippen LogP contribution is 2.29. The van der Waals surface area contributed by atoms with Crippen LogP contribution in [0.3, 0.4) is 0 Å². The highest BCUT2D eigenvalue weighted by atomic mass is 16.1. The molecule has 1 aromatic heterocycles. The van der Waals surface area contributed by atoms with Crippen LogP contribution in [-0.4, -0.2) is 23.6 Å². The molecular formula is C20H21N3O. The molecule has 0 fully saturated rings. The second-order valence-corrected chi connectivity index (χ2v) is 6.32.